The number of rotatable bonds is 6. The maximum atomic E-state index is 13.2. The molecule has 162 valence electrons. The molecular weight excluding hydrogens is 398 g/mol. The predicted octanol–water partition coefficient (Wildman–Crippen LogP) is 4.41. The zero-order valence-corrected chi connectivity index (χ0v) is 18.0. The molecule has 5 heteroatoms. The molecule has 1 aliphatic heterocycles. The number of para-hydroxylation sites is 1. The summed E-state index contributed by atoms with van der Waals surface area (Å²) in [5.41, 5.74) is 2.82. The quantitative estimate of drug-likeness (QED) is 0.637. The molecule has 32 heavy (non-hydrogen) atoms. The van der Waals surface area contributed by atoms with Crippen LogP contribution in [0.1, 0.15) is 26.3 Å². The summed E-state index contributed by atoms with van der Waals surface area (Å²) >= 11 is 0. The van der Waals surface area contributed by atoms with Gasteiger partial charge in [-0.3, -0.25) is 14.5 Å². The van der Waals surface area contributed by atoms with Crippen molar-refractivity contribution in [3.8, 4) is 0 Å². The maximum Gasteiger partial charge on any atom is 0.256 e. The Balaban J connectivity index is 1.34. The van der Waals surface area contributed by atoms with Crippen molar-refractivity contribution in [2.45, 2.75) is 0 Å². The number of amides is 2. The fourth-order valence-electron chi connectivity index (χ4n) is 3.77. The average molecular weight is 426 g/mol. The van der Waals surface area contributed by atoms with Crippen LogP contribution in [-0.2, 0) is 0 Å². The largest absolute Gasteiger partial charge is 0.336 e. The molecular formula is C27H27N3O2. The molecule has 1 heterocycles. The molecule has 0 spiro atoms. The second-order valence-electron chi connectivity index (χ2n) is 7.77. The van der Waals surface area contributed by atoms with Gasteiger partial charge in [-0.25, -0.2) is 0 Å². The first-order valence-corrected chi connectivity index (χ1v) is 10.9. The van der Waals surface area contributed by atoms with Crippen LogP contribution in [0.15, 0.2) is 91.0 Å². The molecule has 0 aromatic heterocycles. The van der Waals surface area contributed by atoms with E-state index in [2.05, 4.69) is 34.5 Å². The molecule has 1 N–H and O–H groups in total. The van der Waals surface area contributed by atoms with Crippen LogP contribution in [-0.4, -0.2) is 54.3 Å². The summed E-state index contributed by atoms with van der Waals surface area (Å²) in [4.78, 5) is 30.0. The van der Waals surface area contributed by atoms with Crippen molar-refractivity contribution in [3.05, 3.63) is 108 Å². The van der Waals surface area contributed by atoms with Crippen molar-refractivity contribution in [2.24, 2.45) is 0 Å². The van der Waals surface area contributed by atoms with Crippen molar-refractivity contribution in [3.63, 3.8) is 0 Å². The first kappa shape index (κ1) is 21.5. The van der Waals surface area contributed by atoms with Crippen LogP contribution in [0.4, 0.5) is 5.69 Å². The van der Waals surface area contributed by atoms with Gasteiger partial charge in [0.25, 0.3) is 11.8 Å². The molecule has 1 saturated heterocycles. The van der Waals surface area contributed by atoms with E-state index in [1.54, 1.807) is 24.3 Å². The molecule has 0 radical (unpaired) electrons. The molecule has 5 nitrogen and oxygen atoms in total. The number of anilines is 1. The van der Waals surface area contributed by atoms with Gasteiger partial charge in [-0.1, -0.05) is 72.8 Å². The number of nitrogens with one attached hydrogen (secondary N) is 1. The zero-order valence-electron chi connectivity index (χ0n) is 18.0. The average Bonchev–Trinajstić information content (AvgIpc) is 2.85. The van der Waals surface area contributed by atoms with Gasteiger partial charge in [0.1, 0.15) is 0 Å². The Morgan fingerprint density at radius 1 is 0.781 bits per heavy atom. The second kappa shape index (κ2) is 10.6. The minimum Gasteiger partial charge on any atom is -0.336 e. The third-order valence-corrected chi connectivity index (χ3v) is 5.57. The van der Waals surface area contributed by atoms with Crippen LogP contribution in [0.3, 0.4) is 0 Å². The van der Waals surface area contributed by atoms with E-state index >= 15 is 0 Å². The summed E-state index contributed by atoms with van der Waals surface area (Å²) in [6, 6.07) is 26.5. The van der Waals surface area contributed by atoms with Gasteiger partial charge in [0.15, 0.2) is 0 Å². The molecule has 0 atom stereocenters. The maximum absolute atomic E-state index is 13.2. The minimum absolute atomic E-state index is 0.0477. The summed E-state index contributed by atoms with van der Waals surface area (Å²) < 4.78 is 0. The van der Waals surface area contributed by atoms with Crippen molar-refractivity contribution >= 4 is 23.6 Å². The Morgan fingerprint density at radius 2 is 1.41 bits per heavy atom. The highest BCUT2D eigenvalue weighted by Gasteiger charge is 2.23. The van der Waals surface area contributed by atoms with Crippen molar-refractivity contribution in [1.29, 1.82) is 0 Å². The summed E-state index contributed by atoms with van der Waals surface area (Å²) in [6.07, 6.45) is 4.30. The van der Waals surface area contributed by atoms with Gasteiger partial charge in [0, 0.05) is 38.3 Å². The van der Waals surface area contributed by atoms with Gasteiger partial charge in [0.2, 0.25) is 0 Å². The standard InChI is InChI=1S/C27H27N3O2/c31-26(23-13-5-2-6-14-23)28-25-16-8-7-15-24(25)27(32)30-20-18-29(19-21-30)17-9-12-22-10-3-1-4-11-22/h1-16H,17-21H2,(H,28,31)/b12-9+. The molecule has 1 aliphatic rings. The van der Waals surface area contributed by atoms with Crippen LogP contribution in [0.5, 0.6) is 0 Å². The van der Waals surface area contributed by atoms with Gasteiger partial charge in [-0.2, -0.15) is 0 Å². The highest BCUT2D eigenvalue weighted by Crippen LogP contribution is 2.19. The second-order valence-corrected chi connectivity index (χ2v) is 7.77. The van der Waals surface area contributed by atoms with Crippen LogP contribution < -0.4 is 5.32 Å². The van der Waals surface area contributed by atoms with E-state index in [1.165, 1.54) is 5.56 Å². The zero-order chi connectivity index (χ0) is 22.2. The number of hydrogen-bond acceptors (Lipinski definition) is 3. The first-order chi connectivity index (χ1) is 15.7. The molecule has 0 bridgehead atoms. The number of carbonyl (C=O) groups is 2. The van der Waals surface area contributed by atoms with Crippen LogP contribution in [0.2, 0.25) is 0 Å². The SMILES string of the molecule is O=C(Nc1ccccc1C(=O)N1CCN(C/C=C/c2ccccc2)CC1)c1ccccc1. The molecule has 1 fully saturated rings. The highest BCUT2D eigenvalue weighted by atomic mass is 16.2. The van der Waals surface area contributed by atoms with E-state index in [-0.39, 0.29) is 11.8 Å². The predicted molar refractivity (Wildman–Crippen MR) is 129 cm³/mol. The minimum atomic E-state index is -0.221. The third-order valence-electron chi connectivity index (χ3n) is 5.57. The fourth-order valence-corrected chi connectivity index (χ4v) is 3.77. The molecule has 0 saturated carbocycles. The molecule has 3 aromatic rings. The third kappa shape index (κ3) is 5.50. The Labute approximate surface area is 189 Å². The molecule has 4 rings (SSSR count). The van der Waals surface area contributed by atoms with E-state index in [0.717, 1.165) is 19.6 Å². The van der Waals surface area contributed by atoms with E-state index in [4.69, 9.17) is 0 Å². The van der Waals surface area contributed by atoms with E-state index in [1.807, 2.05) is 53.4 Å². The molecule has 0 aliphatic carbocycles. The van der Waals surface area contributed by atoms with E-state index in [9.17, 15) is 9.59 Å². The smallest absolute Gasteiger partial charge is 0.256 e. The molecule has 0 unspecified atom stereocenters. The Hall–Kier alpha value is -3.70. The lowest BCUT2D eigenvalue weighted by atomic mass is 10.1. The Bertz CT molecular complexity index is 1070. The van der Waals surface area contributed by atoms with Gasteiger partial charge < -0.3 is 10.2 Å². The summed E-state index contributed by atoms with van der Waals surface area (Å²) in [7, 11) is 0. The Morgan fingerprint density at radius 3 is 2.12 bits per heavy atom. The Kier molecular flexibility index (Phi) is 7.10. The lowest BCUT2D eigenvalue weighted by Crippen LogP contribution is -2.48. The van der Waals surface area contributed by atoms with Crippen LogP contribution in [0, 0.1) is 0 Å². The number of nitrogens with zero attached hydrogens (tertiary/aromatic N) is 2. The topological polar surface area (TPSA) is 52.7 Å². The van der Waals surface area contributed by atoms with Crippen LogP contribution in [0.25, 0.3) is 6.08 Å². The van der Waals surface area contributed by atoms with Gasteiger partial charge in [0.05, 0.1) is 11.3 Å². The van der Waals surface area contributed by atoms with Crippen molar-refractivity contribution in [1.82, 2.24) is 9.80 Å². The lowest BCUT2D eigenvalue weighted by molar-refractivity contribution is 0.0651. The van der Waals surface area contributed by atoms with Gasteiger partial charge >= 0.3 is 0 Å². The summed E-state index contributed by atoms with van der Waals surface area (Å²) in [5, 5.41) is 2.89. The van der Waals surface area contributed by atoms with E-state index < -0.39 is 0 Å². The number of benzene rings is 3. The van der Waals surface area contributed by atoms with Crippen molar-refractivity contribution < 1.29 is 9.59 Å². The number of hydrogen-bond donors (Lipinski definition) is 1. The summed E-state index contributed by atoms with van der Waals surface area (Å²) in [5.74, 6) is -0.269. The van der Waals surface area contributed by atoms with Gasteiger partial charge in [-0.15, -0.1) is 0 Å². The molecule has 2 amide bonds. The van der Waals surface area contributed by atoms with Crippen LogP contribution >= 0.6 is 0 Å². The number of carbonyl (C=O) groups excluding carboxylic acids is 2. The van der Waals surface area contributed by atoms with Crippen molar-refractivity contribution in [2.75, 3.05) is 38.0 Å². The number of piperazine rings is 1. The monoisotopic (exact) mass is 425 g/mol. The lowest BCUT2D eigenvalue weighted by Gasteiger charge is -2.34. The highest BCUT2D eigenvalue weighted by molar-refractivity contribution is 6.09. The summed E-state index contributed by atoms with van der Waals surface area (Å²) in [6.45, 7) is 3.84. The normalized spacial score (nSPS) is 14.4. The molecule has 3 aromatic carbocycles. The first-order valence-electron chi connectivity index (χ1n) is 10.9. The van der Waals surface area contributed by atoms with E-state index in [0.29, 0.717) is 29.9 Å². The fraction of sp³-hybridized carbons (Fsp3) is 0.185. The van der Waals surface area contributed by atoms with Gasteiger partial charge in [-0.05, 0) is 29.8 Å².